The van der Waals surface area contributed by atoms with Crippen LogP contribution in [0.15, 0.2) is 27.8 Å². The van der Waals surface area contributed by atoms with Crippen LogP contribution in [0.5, 0.6) is 5.75 Å². The molecule has 2 aromatic rings. The van der Waals surface area contributed by atoms with Gasteiger partial charge in [0, 0.05) is 6.04 Å². The molecule has 0 saturated carbocycles. The number of nitrogens with zero attached hydrogens (tertiary/aromatic N) is 1. The highest BCUT2D eigenvalue weighted by Gasteiger charge is 2.27. The Labute approximate surface area is 134 Å². The monoisotopic (exact) mass is 313 g/mol. The van der Waals surface area contributed by atoms with Crippen molar-refractivity contribution in [1.29, 1.82) is 5.26 Å². The highest BCUT2D eigenvalue weighted by Crippen LogP contribution is 2.30. The van der Waals surface area contributed by atoms with Gasteiger partial charge in [0.15, 0.2) is 0 Å². The van der Waals surface area contributed by atoms with Gasteiger partial charge in [0.2, 0.25) is 0 Å². The lowest BCUT2D eigenvalue weighted by molar-refractivity contribution is 0.359. The summed E-state index contributed by atoms with van der Waals surface area (Å²) in [5, 5.41) is 24.5. The second-order valence-corrected chi connectivity index (χ2v) is 6.61. The van der Waals surface area contributed by atoms with Crippen molar-refractivity contribution in [3.05, 3.63) is 44.2 Å². The van der Waals surface area contributed by atoms with Gasteiger partial charge in [0.05, 0.1) is 17.3 Å². The lowest BCUT2D eigenvalue weighted by atomic mass is 9.87. The van der Waals surface area contributed by atoms with Gasteiger partial charge in [-0.3, -0.25) is 9.59 Å². The zero-order valence-electron chi connectivity index (χ0n) is 13.5. The molecule has 3 N–H and O–H groups in total. The van der Waals surface area contributed by atoms with Crippen LogP contribution in [0.3, 0.4) is 0 Å². The fourth-order valence-corrected chi connectivity index (χ4v) is 1.92. The number of hydrogen-bond donors (Lipinski definition) is 3. The summed E-state index contributed by atoms with van der Waals surface area (Å²) in [6.45, 7) is 8.00. The first-order valence-electron chi connectivity index (χ1n) is 7.25. The quantitative estimate of drug-likeness (QED) is 0.592. The van der Waals surface area contributed by atoms with Crippen molar-refractivity contribution < 1.29 is 5.11 Å². The number of benzene rings is 1. The molecule has 0 fully saturated rings. The second kappa shape index (κ2) is 5.76. The maximum absolute atomic E-state index is 11.8. The van der Waals surface area contributed by atoms with E-state index in [1.54, 1.807) is 0 Å². The van der Waals surface area contributed by atoms with Gasteiger partial charge in [-0.1, -0.05) is 20.8 Å². The third-order valence-corrected chi connectivity index (χ3v) is 3.96. The molecule has 0 unspecified atom stereocenters. The number of hydrogen-bond acceptors (Lipinski definition) is 6. The van der Waals surface area contributed by atoms with Crippen LogP contribution in [0.4, 0.5) is 17.1 Å². The Morgan fingerprint density at radius 3 is 2.30 bits per heavy atom. The Bertz CT molecular complexity index is 849. The Morgan fingerprint density at radius 2 is 1.78 bits per heavy atom. The number of anilines is 3. The molecule has 0 amide bonds. The zero-order chi connectivity index (χ0) is 17.4. The molecule has 0 aliphatic heterocycles. The van der Waals surface area contributed by atoms with Gasteiger partial charge >= 0.3 is 0 Å². The van der Waals surface area contributed by atoms with E-state index in [0.717, 1.165) is 0 Å². The van der Waals surface area contributed by atoms with Crippen LogP contribution in [-0.2, 0) is 0 Å². The number of nitriles is 1. The minimum atomic E-state index is -0.627. The minimum absolute atomic E-state index is 0.0269. The van der Waals surface area contributed by atoms with E-state index >= 15 is 0 Å². The molecular weight excluding hydrogens is 294 g/mol. The van der Waals surface area contributed by atoms with Crippen molar-refractivity contribution in [2.45, 2.75) is 33.7 Å². The fraction of sp³-hybridized carbons (Fsp3) is 0.353. The van der Waals surface area contributed by atoms with Crippen molar-refractivity contribution in [2.75, 3.05) is 10.6 Å². The summed E-state index contributed by atoms with van der Waals surface area (Å²) in [7, 11) is 0. The fourth-order valence-electron chi connectivity index (χ4n) is 1.92. The van der Waals surface area contributed by atoms with Crippen LogP contribution in [-0.4, -0.2) is 11.1 Å². The van der Waals surface area contributed by atoms with E-state index in [1.807, 2.05) is 33.8 Å². The van der Waals surface area contributed by atoms with Gasteiger partial charge < -0.3 is 15.7 Å². The predicted octanol–water partition coefficient (Wildman–Crippen LogP) is 2.45. The molecule has 0 radical (unpaired) electrons. The molecule has 0 aliphatic rings. The van der Waals surface area contributed by atoms with Gasteiger partial charge in [0.25, 0.3) is 10.9 Å². The molecule has 0 spiro atoms. The molecule has 6 heteroatoms. The molecule has 2 aromatic carbocycles. The molecule has 1 atom stereocenters. The molecule has 0 bridgehead atoms. The van der Waals surface area contributed by atoms with Gasteiger partial charge in [-0.2, -0.15) is 5.26 Å². The van der Waals surface area contributed by atoms with Crippen molar-refractivity contribution >= 4 is 17.1 Å². The van der Waals surface area contributed by atoms with E-state index in [9.17, 15) is 14.7 Å². The summed E-state index contributed by atoms with van der Waals surface area (Å²) >= 11 is 0. The zero-order valence-corrected chi connectivity index (χ0v) is 13.5. The number of nitrogens with one attached hydrogen (secondary N) is 2. The van der Waals surface area contributed by atoms with Crippen LogP contribution in [0.25, 0.3) is 0 Å². The standard InChI is InChI=1S/C17H19N3O3/c1-9(17(2,3)4)19-13-14(16(23)15(13)22)20-11-6-5-10(8-18)7-12(11)21/h5-7,9,19-21H,1-4H3/t9-/m1/s1. The maximum atomic E-state index is 11.8. The molecule has 0 aromatic heterocycles. The van der Waals surface area contributed by atoms with Gasteiger partial charge in [-0.15, -0.1) is 0 Å². The second-order valence-electron chi connectivity index (χ2n) is 6.61. The molecule has 6 nitrogen and oxygen atoms in total. The van der Waals surface area contributed by atoms with Gasteiger partial charge in [0.1, 0.15) is 17.1 Å². The van der Waals surface area contributed by atoms with Crippen molar-refractivity contribution in [3.63, 3.8) is 0 Å². The first-order chi connectivity index (χ1) is 10.6. The highest BCUT2D eigenvalue weighted by molar-refractivity contribution is 5.80. The van der Waals surface area contributed by atoms with Gasteiger partial charge in [-0.25, -0.2) is 0 Å². The number of phenols is 1. The van der Waals surface area contributed by atoms with Crippen LogP contribution in [0, 0.1) is 16.7 Å². The molecular formula is C17H19N3O3. The first-order valence-corrected chi connectivity index (χ1v) is 7.25. The topological polar surface area (TPSA) is 102 Å². The normalized spacial score (nSPS) is 12.7. The SMILES string of the molecule is C[C@@H](Nc1c(Nc2ccc(C#N)cc2O)c(=O)c1=O)C(C)(C)C. The summed E-state index contributed by atoms with van der Waals surface area (Å²) in [5.41, 5.74) is -0.366. The first kappa shape index (κ1) is 16.6. The average molecular weight is 313 g/mol. The maximum Gasteiger partial charge on any atom is 0.253 e. The Balaban J connectivity index is 2.29. The smallest absolute Gasteiger partial charge is 0.253 e. The van der Waals surface area contributed by atoms with Crippen LogP contribution >= 0.6 is 0 Å². The van der Waals surface area contributed by atoms with Crippen LogP contribution < -0.4 is 21.5 Å². The largest absolute Gasteiger partial charge is 0.506 e. The summed E-state index contributed by atoms with van der Waals surface area (Å²) < 4.78 is 0. The molecule has 0 heterocycles. The Morgan fingerprint density at radius 1 is 1.17 bits per heavy atom. The molecule has 23 heavy (non-hydrogen) atoms. The van der Waals surface area contributed by atoms with E-state index in [4.69, 9.17) is 5.26 Å². The lowest BCUT2D eigenvalue weighted by Crippen LogP contribution is -2.41. The van der Waals surface area contributed by atoms with E-state index in [-0.39, 0.29) is 34.3 Å². The minimum Gasteiger partial charge on any atom is -0.506 e. The third kappa shape index (κ3) is 3.19. The van der Waals surface area contributed by atoms with Crippen molar-refractivity contribution in [3.8, 4) is 11.8 Å². The van der Waals surface area contributed by atoms with Crippen LogP contribution in [0.1, 0.15) is 33.3 Å². The predicted molar refractivity (Wildman–Crippen MR) is 90.0 cm³/mol. The van der Waals surface area contributed by atoms with E-state index in [1.165, 1.54) is 18.2 Å². The summed E-state index contributed by atoms with van der Waals surface area (Å²) in [4.78, 5) is 23.6. The Hall–Kier alpha value is -2.81. The van der Waals surface area contributed by atoms with E-state index in [0.29, 0.717) is 5.56 Å². The number of phenolic OH excluding ortho intramolecular Hbond substituents is 1. The molecule has 0 saturated heterocycles. The molecule has 120 valence electrons. The van der Waals surface area contributed by atoms with Crippen molar-refractivity contribution in [1.82, 2.24) is 0 Å². The number of rotatable bonds is 4. The average Bonchev–Trinajstić information content (AvgIpc) is 2.50. The van der Waals surface area contributed by atoms with E-state index in [2.05, 4.69) is 10.6 Å². The lowest BCUT2D eigenvalue weighted by Gasteiger charge is -2.30. The van der Waals surface area contributed by atoms with Gasteiger partial charge in [-0.05, 0) is 30.5 Å². The number of aromatic hydroxyl groups is 1. The third-order valence-electron chi connectivity index (χ3n) is 3.96. The van der Waals surface area contributed by atoms with E-state index < -0.39 is 10.9 Å². The van der Waals surface area contributed by atoms with Crippen LogP contribution in [0.2, 0.25) is 0 Å². The highest BCUT2D eigenvalue weighted by atomic mass is 16.3. The Kier molecular flexibility index (Phi) is 4.15. The summed E-state index contributed by atoms with van der Waals surface area (Å²) in [5.74, 6) is -0.160. The summed E-state index contributed by atoms with van der Waals surface area (Å²) in [6.07, 6.45) is 0. The molecule has 0 aliphatic carbocycles. The molecule has 2 rings (SSSR count). The van der Waals surface area contributed by atoms with Crippen molar-refractivity contribution in [2.24, 2.45) is 5.41 Å². The summed E-state index contributed by atoms with van der Waals surface area (Å²) in [6, 6.07) is 6.17.